The number of carbonyl (C=O) groups excluding carboxylic acids is 2. The molecular formula is C14H26N4O4S. The highest BCUT2D eigenvalue weighted by Crippen LogP contribution is 2.15. The molecule has 1 N–H and O–H groups in total. The number of piperidine rings is 1. The molecule has 0 aliphatic carbocycles. The average molecular weight is 346 g/mol. The van der Waals surface area contributed by atoms with Crippen molar-refractivity contribution in [1.29, 1.82) is 0 Å². The van der Waals surface area contributed by atoms with Crippen LogP contribution in [0.2, 0.25) is 0 Å². The van der Waals surface area contributed by atoms with Gasteiger partial charge in [0.25, 0.3) is 0 Å². The molecule has 2 rings (SSSR count). The minimum Gasteiger partial charge on any atom is -0.302 e. The van der Waals surface area contributed by atoms with Crippen LogP contribution in [-0.2, 0) is 14.8 Å². The Labute approximate surface area is 137 Å². The lowest BCUT2D eigenvalue weighted by Gasteiger charge is -2.34. The van der Waals surface area contributed by atoms with E-state index < -0.39 is 10.0 Å². The maximum Gasteiger partial charge on any atom is 0.328 e. The molecule has 3 amide bonds. The van der Waals surface area contributed by atoms with Crippen molar-refractivity contribution >= 4 is 22.0 Å². The van der Waals surface area contributed by atoms with Crippen LogP contribution in [0, 0.1) is 0 Å². The van der Waals surface area contributed by atoms with E-state index in [0.717, 1.165) is 12.8 Å². The van der Waals surface area contributed by atoms with E-state index in [9.17, 15) is 18.0 Å². The molecule has 0 spiro atoms. The van der Waals surface area contributed by atoms with E-state index in [1.807, 2.05) is 6.92 Å². The van der Waals surface area contributed by atoms with Crippen molar-refractivity contribution in [2.45, 2.75) is 39.2 Å². The third-order valence-corrected chi connectivity index (χ3v) is 5.86. The molecule has 2 heterocycles. The quantitative estimate of drug-likeness (QED) is 0.657. The van der Waals surface area contributed by atoms with Gasteiger partial charge in [0.05, 0.1) is 12.4 Å². The fraction of sp³-hybridized carbons (Fsp3) is 0.857. The fourth-order valence-electron chi connectivity index (χ4n) is 3.03. The van der Waals surface area contributed by atoms with Crippen LogP contribution in [0.4, 0.5) is 4.79 Å². The summed E-state index contributed by atoms with van der Waals surface area (Å²) in [4.78, 5) is 28.7. The van der Waals surface area contributed by atoms with Crippen LogP contribution in [-0.4, -0.2) is 79.7 Å². The predicted molar refractivity (Wildman–Crippen MR) is 86.2 cm³/mol. The summed E-state index contributed by atoms with van der Waals surface area (Å²) in [5.74, 6) is 0.00416. The van der Waals surface area contributed by atoms with Gasteiger partial charge in [-0.1, -0.05) is 6.92 Å². The number of hydrogen-bond acceptors (Lipinski definition) is 5. The van der Waals surface area contributed by atoms with E-state index >= 15 is 0 Å². The van der Waals surface area contributed by atoms with Crippen LogP contribution in [0.5, 0.6) is 0 Å². The van der Waals surface area contributed by atoms with Gasteiger partial charge in [-0.2, -0.15) is 0 Å². The van der Waals surface area contributed by atoms with Crippen LogP contribution in [0.25, 0.3) is 0 Å². The minimum absolute atomic E-state index is 0.0362. The van der Waals surface area contributed by atoms with Crippen molar-refractivity contribution in [2.24, 2.45) is 0 Å². The summed E-state index contributed by atoms with van der Waals surface area (Å²) in [6.45, 7) is 6.01. The largest absolute Gasteiger partial charge is 0.328 e. The van der Waals surface area contributed by atoms with Crippen molar-refractivity contribution < 1.29 is 18.0 Å². The highest BCUT2D eigenvalue weighted by atomic mass is 32.2. The molecule has 0 aromatic rings. The molecule has 23 heavy (non-hydrogen) atoms. The van der Waals surface area contributed by atoms with Gasteiger partial charge >= 0.3 is 6.03 Å². The molecular weight excluding hydrogens is 320 g/mol. The zero-order valence-electron chi connectivity index (χ0n) is 13.8. The van der Waals surface area contributed by atoms with Gasteiger partial charge in [-0.3, -0.25) is 14.6 Å². The summed E-state index contributed by atoms with van der Waals surface area (Å²) in [7, 11) is -3.18. The first kappa shape index (κ1) is 18.2. The number of rotatable bonds is 7. The molecule has 9 heteroatoms. The number of sulfonamides is 1. The molecule has 0 aromatic carbocycles. The second kappa shape index (κ2) is 7.59. The van der Waals surface area contributed by atoms with Crippen molar-refractivity contribution in [1.82, 2.24) is 19.4 Å². The van der Waals surface area contributed by atoms with Crippen LogP contribution in [0.1, 0.15) is 33.1 Å². The molecule has 0 radical (unpaired) electrons. The number of amides is 3. The normalized spacial score (nSPS) is 21.5. The number of likely N-dealkylation sites (tertiary alicyclic amines) is 1. The Bertz CT molecular complexity index is 543. The smallest absolute Gasteiger partial charge is 0.302 e. The fourth-order valence-corrected chi connectivity index (χ4v) is 4.43. The van der Waals surface area contributed by atoms with E-state index in [4.69, 9.17) is 0 Å². The molecule has 2 aliphatic rings. The zero-order valence-corrected chi connectivity index (χ0v) is 14.6. The minimum atomic E-state index is -3.18. The van der Waals surface area contributed by atoms with Crippen molar-refractivity contribution in [2.75, 3.05) is 38.6 Å². The highest BCUT2D eigenvalue weighted by molar-refractivity contribution is 7.89. The average Bonchev–Trinajstić information content (AvgIpc) is 2.74. The molecule has 0 saturated carbocycles. The van der Waals surface area contributed by atoms with Gasteiger partial charge in [-0.15, -0.1) is 0 Å². The molecule has 0 atom stereocenters. The summed E-state index contributed by atoms with van der Waals surface area (Å²) in [5, 5.41) is 0. The van der Waals surface area contributed by atoms with Crippen LogP contribution < -0.4 is 4.72 Å². The Morgan fingerprint density at radius 1 is 1.17 bits per heavy atom. The number of hydrogen-bond donors (Lipinski definition) is 1. The Hall–Kier alpha value is -1.19. The van der Waals surface area contributed by atoms with E-state index in [2.05, 4.69) is 9.62 Å². The predicted octanol–water partition coefficient (Wildman–Crippen LogP) is 0.0218. The Balaban J connectivity index is 1.79. The standard InChI is InChI=1S/C14H26N4O4S/c1-3-9-23(21,22)15-12-5-7-16(8-6-12)11-17-10-13(19)18(4-2)14(17)20/h12,15H,3-11H2,1-2H3. The Morgan fingerprint density at radius 2 is 1.83 bits per heavy atom. The topological polar surface area (TPSA) is 90.0 Å². The van der Waals surface area contributed by atoms with Gasteiger partial charge < -0.3 is 4.90 Å². The van der Waals surface area contributed by atoms with Gasteiger partial charge in [0.2, 0.25) is 15.9 Å². The van der Waals surface area contributed by atoms with Crippen molar-refractivity contribution in [3.05, 3.63) is 0 Å². The number of carbonyl (C=O) groups is 2. The van der Waals surface area contributed by atoms with Crippen molar-refractivity contribution in [3.63, 3.8) is 0 Å². The van der Waals surface area contributed by atoms with Crippen LogP contribution in [0.15, 0.2) is 0 Å². The van der Waals surface area contributed by atoms with E-state index in [0.29, 0.717) is 32.7 Å². The Kier molecular flexibility index (Phi) is 5.99. The summed E-state index contributed by atoms with van der Waals surface area (Å²) in [5.41, 5.74) is 0. The van der Waals surface area contributed by atoms with Crippen molar-refractivity contribution in [3.8, 4) is 0 Å². The van der Waals surface area contributed by atoms with Gasteiger partial charge in [0.1, 0.15) is 6.54 Å². The van der Waals surface area contributed by atoms with E-state index in [1.165, 1.54) is 4.90 Å². The van der Waals surface area contributed by atoms with Gasteiger partial charge in [-0.05, 0) is 26.2 Å². The molecule has 2 fully saturated rings. The first-order chi connectivity index (χ1) is 10.9. The lowest BCUT2D eigenvalue weighted by Crippen LogP contribution is -2.48. The number of likely N-dealkylation sites (N-methyl/N-ethyl adjacent to an activating group) is 1. The van der Waals surface area contributed by atoms with Crippen LogP contribution in [0.3, 0.4) is 0 Å². The second-order valence-corrected chi connectivity index (χ2v) is 7.96. The van der Waals surface area contributed by atoms with Gasteiger partial charge in [0.15, 0.2) is 0 Å². The Morgan fingerprint density at radius 3 is 2.35 bits per heavy atom. The summed E-state index contributed by atoms with van der Waals surface area (Å²) in [6.07, 6.45) is 2.04. The second-order valence-electron chi connectivity index (χ2n) is 6.09. The number of urea groups is 1. The SMILES string of the molecule is CCCS(=O)(=O)NC1CCN(CN2CC(=O)N(CC)C2=O)CC1. The van der Waals surface area contributed by atoms with Gasteiger partial charge in [0, 0.05) is 25.7 Å². The first-order valence-corrected chi connectivity index (χ1v) is 9.83. The molecule has 0 unspecified atom stereocenters. The zero-order chi connectivity index (χ0) is 17.0. The number of nitrogens with one attached hydrogen (secondary N) is 1. The molecule has 0 bridgehead atoms. The summed E-state index contributed by atoms with van der Waals surface area (Å²) in [6, 6.07) is -0.269. The highest BCUT2D eigenvalue weighted by Gasteiger charge is 2.36. The van der Waals surface area contributed by atoms with Crippen LogP contribution >= 0.6 is 0 Å². The monoisotopic (exact) mass is 346 g/mol. The van der Waals surface area contributed by atoms with E-state index in [1.54, 1.807) is 11.8 Å². The third-order valence-electron chi connectivity index (χ3n) is 4.22. The molecule has 2 aliphatic heterocycles. The lowest BCUT2D eigenvalue weighted by molar-refractivity contribution is -0.125. The molecule has 2 saturated heterocycles. The summed E-state index contributed by atoms with van der Waals surface area (Å²) >= 11 is 0. The maximum absolute atomic E-state index is 12.1. The molecule has 8 nitrogen and oxygen atoms in total. The number of imide groups is 1. The summed E-state index contributed by atoms with van der Waals surface area (Å²) < 4.78 is 26.3. The molecule has 132 valence electrons. The molecule has 0 aromatic heterocycles. The lowest BCUT2D eigenvalue weighted by atomic mass is 10.1. The maximum atomic E-state index is 12.1. The van der Waals surface area contributed by atoms with E-state index in [-0.39, 0.29) is 30.3 Å². The third kappa shape index (κ3) is 4.65. The number of nitrogens with zero attached hydrogens (tertiary/aromatic N) is 3. The first-order valence-electron chi connectivity index (χ1n) is 8.18. The van der Waals surface area contributed by atoms with Gasteiger partial charge in [-0.25, -0.2) is 17.9 Å².